The molecule has 3 aromatic rings. The number of fused-ring (bicyclic) bond motifs is 1. The lowest BCUT2D eigenvalue weighted by Crippen LogP contribution is -2.36. The van der Waals surface area contributed by atoms with E-state index in [2.05, 4.69) is 47.3 Å². The molecule has 2 heterocycles. The lowest BCUT2D eigenvalue weighted by molar-refractivity contribution is 0.0734. The van der Waals surface area contributed by atoms with Crippen molar-refractivity contribution < 1.29 is 4.79 Å². The van der Waals surface area contributed by atoms with E-state index in [1.807, 2.05) is 29.2 Å². The second-order valence-electron chi connectivity index (χ2n) is 7.61. The van der Waals surface area contributed by atoms with Gasteiger partial charge in [-0.15, -0.1) is 0 Å². The van der Waals surface area contributed by atoms with Gasteiger partial charge in [0, 0.05) is 25.2 Å². The number of carbonyl (C=O) groups excluding carboxylic acids is 1. The van der Waals surface area contributed by atoms with Crippen LogP contribution in [-0.2, 0) is 26.1 Å². The van der Waals surface area contributed by atoms with Crippen LogP contribution in [0, 0.1) is 0 Å². The van der Waals surface area contributed by atoms with E-state index in [9.17, 15) is 4.79 Å². The third-order valence-corrected chi connectivity index (χ3v) is 5.08. The molecule has 0 atom stereocenters. The Hall–Kier alpha value is -2.99. The minimum Gasteiger partial charge on any atom is -0.334 e. The van der Waals surface area contributed by atoms with Crippen LogP contribution in [0.5, 0.6) is 0 Å². The van der Waals surface area contributed by atoms with E-state index < -0.39 is 0 Å². The molecule has 1 aliphatic heterocycles. The Morgan fingerprint density at radius 3 is 2.57 bits per heavy atom. The Labute approximate surface area is 165 Å². The molecule has 144 valence electrons. The Bertz CT molecular complexity index is 948. The standard InChI is InChI=1S/C22H25N5O/c1-25(2)12-18-5-8-21-14-26(10-9-20(21)11-18)22(28)19-6-3-17(4-7-19)13-27-16-23-15-24-27/h3-8,11,15-16H,9-10,12-14H2,1-2H3. The maximum absolute atomic E-state index is 12.9. The number of carbonyl (C=O) groups is 1. The molecule has 0 saturated carbocycles. The van der Waals surface area contributed by atoms with E-state index in [1.165, 1.54) is 23.0 Å². The summed E-state index contributed by atoms with van der Waals surface area (Å²) < 4.78 is 1.77. The average Bonchev–Trinajstić information content (AvgIpc) is 3.20. The van der Waals surface area contributed by atoms with E-state index in [-0.39, 0.29) is 5.91 Å². The zero-order valence-electron chi connectivity index (χ0n) is 16.4. The minimum atomic E-state index is 0.0929. The number of rotatable bonds is 5. The molecule has 6 heteroatoms. The van der Waals surface area contributed by atoms with Crippen LogP contribution in [0.2, 0.25) is 0 Å². The summed E-state index contributed by atoms with van der Waals surface area (Å²) in [6, 6.07) is 14.4. The zero-order valence-corrected chi connectivity index (χ0v) is 16.4. The summed E-state index contributed by atoms with van der Waals surface area (Å²) in [5.74, 6) is 0.0929. The molecule has 0 aliphatic carbocycles. The van der Waals surface area contributed by atoms with Gasteiger partial charge in [-0.2, -0.15) is 5.10 Å². The maximum Gasteiger partial charge on any atom is 0.254 e. The molecule has 0 fully saturated rings. The molecule has 2 aromatic carbocycles. The second kappa shape index (κ2) is 7.94. The second-order valence-corrected chi connectivity index (χ2v) is 7.61. The highest BCUT2D eigenvalue weighted by Gasteiger charge is 2.22. The van der Waals surface area contributed by atoms with E-state index in [4.69, 9.17) is 0 Å². The quantitative estimate of drug-likeness (QED) is 0.688. The first kappa shape index (κ1) is 18.4. The molecular formula is C22H25N5O. The van der Waals surface area contributed by atoms with Crippen LogP contribution in [0.15, 0.2) is 55.1 Å². The summed E-state index contributed by atoms with van der Waals surface area (Å²) in [5, 5.41) is 4.11. The van der Waals surface area contributed by atoms with Crippen molar-refractivity contribution in [3.05, 3.63) is 82.9 Å². The third kappa shape index (κ3) is 4.12. The first-order chi connectivity index (χ1) is 13.6. The smallest absolute Gasteiger partial charge is 0.254 e. The third-order valence-electron chi connectivity index (χ3n) is 5.08. The van der Waals surface area contributed by atoms with Crippen LogP contribution in [-0.4, -0.2) is 51.1 Å². The molecule has 4 rings (SSSR count). The minimum absolute atomic E-state index is 0.0929. The van der Waals surface area contributed by atoms with Crippen molar-refractivity contribution in [3.8, 4) is 0 Å². The van der Waals surface area contributed by atoms with Gasteiger partial charge in [0.1, 0.15) is 12.7 Å². The SMILES string of the molecule is CN(C)Cc1ccc2c(c1)CCN(C(=O)c1ccc(Cn3cncn3)cc1)C2. The van der Waals surface area contributed by atoms with Gasteiger partial charge in [-0.05, 0) is 54.9 Å². The fourth-order valence-electron chi connectivity index (χ4n) is 3.68. The van der Waals surface area contributed by atoms with Crippen molar-refractivity contribution in [2.45, 2.75) is 26.1 Å². The van der Waals surface area contributed by atoms with Crippen molar-refractivity contribution in [1.29, 1.82) is 0 Å². The van der Waals surface area contributed by atoms with Crippen LogP contribution in [0.25, 0.3) is 0 Å². The summed E-state index contributed by atoms with van der Waals surface area (Å²) in [7, 11) is 4.16. The Morgan fingerprint density at radius 2 is 1.86 bits per heavy atom. The molecule has 1 aromatic heterocycles. The Balaban J connectivity index is 1.43. The van der Waals surface area contributed by atoms with Gasteiger partial charge in [-0.25, -0.2) is 9.67 Å². The summed E-state index contributed by atoms with van der Waals surface area (Å²) in [4.78, 5) is 21.0. The molecule has 1 amide bonds. The fourth-order valence-corrected chi connectivity index (χ4v) is 3.68. The first-order valence-electron chi connectivity index (χ1n) is 9.54. The first-order valence-corrected chi connectivity index (χ1v) is 9.54. The van der Waals surface area contributed by atoms with Crippen LogP contribution < -0.4 is 0 Å². The molecule has 0 unspecified atom stereocenters. The van der Waals surface area contributed by atoms with Gasteiger partial charge in [0.15, 0.2) is 0 Å². The highest BCUT2D eigenvalue weighted by atomic mass is 16.2. The molecule has 1 aliphatic rings. The van der Waals surface area contributed by atoms with Gasteiger partial charge >= 0.3 is 0 Å². The number of aromatic nitrogens is 3. The van der Waals surface area contributed by atoms with E-state index in [0.29, 0.717) is 13.1 Å². The number of hydrogen-bond donors (Lipinski definition) is 0. The summed E-state index contributed by atoms with van der Waals surface area (Å²) in [6.07, 6.45) is 4.12. The maximum atomic E-state index is 12.9. The Kier molecular flexibility index (Phi) is 5.21. The normalized spacial score (nSPS) is 13.6. The Morgan fingerprint density at radius 1 is 1.07 bits per heavy atom. The zero-order chi connectivity index (χ0) is 19.5. The predicted octanol–water partition coefficient (Wildman–Crippen LogP) is 2.59. The van der Waals surface area contributed by atoms with Gasteiger partial charge < -0.3 is 9.80 Å². The number of benzene rings is 2. The molecule has 0 spiro atoms. The molecule has 0 N–H and O–H groups in total. The van der Waals surface area contributed by atoms with Crippen molar-refractivity contribution in [2.75, 3.05) is 20.6 Å². The topological polar surface area (TPSA) is 54.3 Å². The summed E-state index contributed by atoms with van der Waals surface area (Å²) in [6.45, 7) is 3.03. The van der Waals surface area contributed by atoms with Crippen molar-refractivity contribution in [2.24, 2.45) is 0 Å². The average molecular weight is 375 g/mol. The van der Waals surface area contributed by atoms with Crippen LogP contribution >= 0.6 is 0 Å². The highest BCUT2D eigenvalue weighted by Crippen LogP contribution is 2.22. The van der Waals surface area contributed by atoms with E-state index in [1.54, 1.807) is 11.0 Å². The molecule has 28 heavy (non-hydrogen) atoms. The van der Waals surface area contributed by atoms with E-state index in [0.717, 1.165) is 30.6 Å². The number of hydrogen-bond acceptors (Lipinski definition) is 4. The highest BCUT2D eigenvalue weighted by molar-refractivity contribution is 5.94. The van der Waals surface area contributed by atoms with Crippen LogP contribution in [0.4, 0.5) is 0 Å². The lowest BCUT2D eigenvalue weighted by atomic mass is 9.96. The largest absolute Gasteiger partial charge is 0.334 e. The van der Waals surface area contributed by atoms with Crippen molar-refractivity contribution in [1.82, 2.24) is 24.6 Å². The summed E-state index contributed by atoms with van der Waals surface area (Å²) >= 11 is 0. The molecule has 0 saturated heterocycles. The van der Waals surface area contributed by atoms with Gasteiger partial charge in [-0.3, -0.25) is 4.79 Å². The lowest BCUT2D eigenvalue weighted by Gasteiger charge is -2.29. The monoisotopic (exact) mass is 375 g/mol. The van der Waals surface area contributed by atoms with Gasteiger partial charge in [-0.1, -0.05) is 30.3 Å². The van der Waals surface area contributed by atoms with Crippen molar-refractivity contribution in [3.63, 3.8) is 0 Å². The van der Waals surface area contributed by atoms with Crippen molar-refractivity contribution >= 4 is 5.91 Å². The fraction of sp³-hybridized carbons (Fsp3) is 0.318. The molecular weight excluding hydrogens is 350 g/mol. The van der Waals surface area contributed by atoms with Crippen LogP contribution in [0.3, 0.4) is 0 Å². The van der Waals surface area contributed by atoms with Gasteiger partial charge in [0.25, 0.3) is 5.91 Å². The van der Waals surface area contributed by atoms with Gasteiger partial charge in [0.05, 0.1) is 6.54 Å². The van der Waals surface area contributed by atoms with Gasteiger partial charge in [0.2, 0.25) is 0 Å². The summed E-state index contributed by atoms with van der Waals surface area (Å²) in [5.41, 5.74) is 5.78. The predicted molar refractivity (Wildman–Crippen MR) is 108 cm³/mol. The molecule has 6 nitrogen and oxygen atoms in total. The number of nitrogens with zero attached hydrogens (tertiary/aromatic N) is 5. The molecule has 0 bridgehead atoms. The number of amides is 1. The molecule has 0 radical (unpaired) electrons. The van der Waals surface area contributed by atoms with E-state index >= 15 is 0 Å². The van der Waals surface area contributed by atoms with Crippen LogP contribution in [0.1, 0.15) is 32.6 Å².